The number of nitrogens with zero attached hydrogens (tertiary/aromatic N) is 1. The number of nitriles is 1. The number of rotatable bonds is 10. The molecule has 0 saturated carbocycles. The summed E-state index contributed by atoms with van der Waals surface area (Å²) in [5.41, 5.74) is 2.01. The Morgan fingerprint density at radius 2 is 1.97 bits per heavy atom. The van der Waals surface area contributed by atoms with Crippen LogP contribution in [0.4, 0.5) is 0 Å². The molecule has 6 nitrogen and oxygen atoms in total. The molecular weight excluding hydrogens is 448 g/mol. The van der Waals surface area contributed by atoms with Crippen molar-refractivity contribution >= 4 is 27.6 Å². The van der Waals surface area contributed by atoms with Gasteiger partial charge >= 0.3 is 0 Å². The Bertz CT molecular complexity index is 937. The molecule has 7 heteroatoms. The van der Waals surface area contributed by atoms with Crippen LogP contribution in [0.3, 0.4) is 0 Å². The highest BCUT2D eigenvalue weighted by Crippen LogP contribution is 2.21. The summed E-state index contributed by atoms with van der Waals surface area (Å²) in [5, 5.41) is 21.9. The van der Waals surface area contributed by atoms with Gasteiger partial charge in [0.25, 0.3) is 5.91 Å². The molecule has 2 aromatic carbocycles. The maximum atomic E-state index is 12.8. The van der Waals surface area contributed by atoms with E-state index in [0.29, 0.717) is 29.7 Å². The first kappa shape index (κ1) is 23.6. The van der Waals surface area contributed by atoms with Crippen LogP contribution in [0, 0.1) is 11.3 Å². The van der Waals surface area contributed by atoms with E-state index in [4.69, 9.17) is 4.74 Å². The molecule has 2 aromatic rings. The summed E-state index contributed by atoms with van der Waals surface area (Å²) < 4.78 is 5.59. The van der Waals surface area contributed by atoms with Crippen molar-refractivity contribution in [3.63, 3.8) is 0 Å². The normalized spacial score (nSPS) is 11.6. The number of hydrogen-bond acceptors (Lipinski definition) is 5. The molecule has 0 spiro atoms. The van der Waals surface area contributed by atoms with Crippen LogP contribution in [0.1, 0.15) is 52.1 Å². The van der Waals surface area contributed by atoms with Gasteiger partial charge in [0.15, 0.2) is 5.78 Å². The number of carbonyl (C=O) groups is 2. The van der Waals surface area contributed by atoms with Crippen molar-refractivity contribution in [2.24, 2.45) is 0 Å². The molecule has 0 heterocycles. The van der Waals surface area contributed by atoms with Crippen LogP contribution in [0.2, 0.25) is 0 Å². The van der Waals surface area contributed by atoms with Crippen molar-refractivity contribution < 1.29 is 19.4 Å². The highest BCUT2D eigenvalue weighted by Gasteiger charge is 2.19. The third-order valence-electron chi connectivity index (χ3n) is 4.44. The second-order valence-corrected chi connectivity index (χ2v) is 7.65. The smallest absolute Gasteiger partial charge is 0.251 e. The zero-order chi connectivity index (χ0) is 22.1. The Balaban J connectivity index is 2.20. The van der Waals surface area contributed by atoms with Gasteiger partial charge in [-0.15, -0.1) is 0 Å². The van der Waals surface area contributed by atoms with E-state index in [9.17, 15) is 20.0 Å². The first-order valence-electron chi connectivity index (χ1n) is 9.69. The van der Waals surface area contributed by atoms with Gasteiger partial charge < -0.3 is 15.2 Å². The lowest BCUT2D eigenvalue weighted by molar-refractivity contribution is 0.0930. The zero-order valence-electron chi connectivity index (χ0n) is 17.0. The topological polar surface area (TPSA) is 99.4 Å². The fraction of sp³-hybridized carbons (Fsp3) is 0.348. The Labute approximate surface area is 185 Å². The van der Waals surface area contributed by atoms with Crippen molar-refractivity contribution in [3.05, 3.63) is 64.7 Å². The lowest BCUT2D eigenvalue weighted by Crippen LogP contribution is -2.37. The van der Waals surface area contributed by atoms with Gasteiger partial charge in [-0.25, -0.2) is 0 Å². The molecule has 0 bridgehead atoms. The van der Waals surface area contributed by atoms with Gasteiger partial charge in [0.05, 0.1) is 17.0 Å². The molecule has 2 rings (SSSR count). The zero-order valence-corrected chi connectivity index (χ0v) is 18.6. The highest BCUT2D eigenvalue weighted by molar-refractivity contribution is 9.09. The molecule has 0 aromatic heterocycles. The number of Topliss-reactive ketones (excluding diaryl/α,β-unsaturated/α-hetero) is 1. The highest BCUT2D eigenvalue weighted by atomic mass is 79.9. The van der Waals surface area contributed by atoms with Crippen LogP contribution in [-0.2, 0) is 6.42 Å². The number of nitrogens with one attached hydrogen (secondary N) is 1. The fourth-order valence-corrected chi connectivity index (χ4v) is 3.37. The number of benzene rings is 2. The Morgan fingerprint density at radius 3 is 2.60 bits per heavy atom. The molecule has 2 N–H and O–H groups in total. The van der Waals surface area contributed by atoms with Crippen molar-refractivity contribution in [1.29, 1.82) is 5.26 Å². The minimum absolute atomic E-state index is 0.0425. The average molecular weight is 473 g/mol. The number of alkyl halides is 1. The second kappa shape index (κ2) is 11.5. The Morgan fingerprint density at radius 1 is 1.23 bits per heavy atom. The monoisotopic (exact) mass is 472 g/mol. The molecule has 1 amide bonds. The first-order chi connectivity index (χ1) is 14.4. The minimum atomic E-state index is -0.371. The number of hydrogen-bond donors (Lipinski definition) is 2. The van der Waals surface area contributed by atoms with Crippen LogP contribution in [-0.4, -0.2) is 40.9 Å². The number of halogens is 1. The van der Waals surface area contributed by atoms with Gasteiger partial charge in [0.1, 0.15) is 11.8 Å². The fourth-order valence-electron chi connectivity index (χ4n) is 3.07. The number of aliphatic hydroxyl groups is 1. The van der Waals surface area contributed by atoms with Crippen molar-refractivity contribution in [1.82, 2.24) is 5.32 Å². The van der Waals surface area contributed by atoms with Gasteiger partial charge in [-0.3, -0.25) is 9.59 Å². The summed E-state index contributed by atoms with van der Waals surface area (Å²) >= 11 is 3.19. The summed E-state index contributed by atoms with van der Waals surface area (Å²) in [6.07, 6.45) is 0.649. The van der Waals surface area contributed by atoms with E-state index in [0.717, 1.165) is 5.56 Å². The number of aliphatic hydroxyl groups excluding tert-OH is 1. The van der Waals surface area contributed by atoms with Gasteiger partial charge in [-0.1, -0.05) is 40.2 Å². The minimum Gasteiger partial charge on any atom is -0.490 e. The lowest BCUT2D eigenvalue weighted by Gasteiger charge is -2.20. The van der Waals surface area contributed by atoms with Crippen molar-refractivity contribution in [3.8, 4) is 11.8 Å². The first-order valence-corrected chi connectivity index (χ1v) is 10.8. The molecule has 0 aliphatic heterocycles. The number of amides is 1. The molecule has 0 radical (unpaired) electrons. The SMILES string of the molecule is CC(C)Oc1ccc(C(=O)N[C@H](CCO)Cc2ccccc2C(=O)CBr)cc1C#N. The van der Waals surface area contributed by atoms with Gasteiger partial charge in [-0.05, 0) is 50.5 Å². The van der Waals surface area contributed by atoms with Gasteiger partial charge in [0.2, 0.25) is 0 Å². The maximum absolute atomic E-state index is 12.8. The van der Waals surface area contributed by atoms with E-state index < -0.39 is 0 Å². The standard InChI is InChI=1S/C23H25BrN2O4/c1-15(2)30-22-8-7-17(11-18(22)14-25)23(29)26-19(9-10-27)12-16-5-3-4-6-20(16)21(28)13-24/h3-8,11,15,19,27H,9-10,12-13H2,1-2H3,(H,26,29)/t19-/m1/s1. The van der Waals surface area contributed by atoms with Crippen LogP contribution >= 0.6 is 15.9 Å². The predicted octanol–water partition coefficient (Wildman–Crippen LogP) is 3.65. The van der Waals surface area contributed by atoms with Crippen molar-refractivity contribution in [2.45, 2.75) is 38.8 Å². The average Bonchev–Trinajstić information content (AvgIpc) is 2.73. The number of ketones is 1. The molecule has 0 saturated heterocycles. The van der Waals surface area contributed by atoms with E-state index in [1.54, 1.807) is 24.3 Å². The van der Waals surface area contributed by atoms with Gasteiger partial charge in [-0.2, -0.15) is 5.26 Å². The van der Waals surface area contributed by atoms with Crippen LogP contribution in [0.5, 0.6) is 5.75 Å². The quantitative estimate of drug-likeness (QED) is 0.406. The van der Waals surface area contributed by atoms with Crippen molar-refractivity contribution in [2.75, 3.05) is 11.9 Å². The largest absolute Gasteiger partial charge is 0.490 e. The molecule has 0 fully saturated rings. The molecular formula is C23H25BrN2O4. The third-order valence-corrected chi connectivity index (χ3v) is 4.95. The summed E-state index contributed by atoms with van der Waals surface area (Å²) in [7, 11) is 0. The van der Waals surface area contributed by atoms with E-state index in [-0.39, 0.29) is 41.3 Å². The molecule has 158 valence electrons. The van der Waals surface area contributed by atoms with E-state index >= 15 is 0 Å². The summed E-state index contributed by atoms with van der Waals surface area (Å²) in [6.45, 7) is 3.61. The second-order valence-electron chi connectivity index (χ2n) is 7.09. The Hall–Kier alpha value is -2.69. The van der Waals surface area contributed by atoms with Crippen LogP contribution < -0.4 is 10.1 Å². The summed E-state index contributed by atoms with van der Waals surface area (Å²) in [6, 6.07) is 13.6. The third kappa shape index (κ3) is 6.41. The number of ether oxygens (including phenoxy) is 1. The van der Waals surface area contributed by atoms with E-state index in [1.807, 2.05) is 26.0 Å². The molecule has 0 aliphatic carbocycles. The predicted molar refractivity (Wildman–Crippen MR) is 118 cm³/mol. The molecule has 30 heavy (non-hydrogen) atoms. The maximum Gasteiger partial charge on any atom is 0.251 e. The van der Waals surface area contributed by atoms with E-state index in [1.165, 1.54) is 6.07 Å². The molecule has 0 unspecified atom stereocenters. The number of carbonyl (C=O) groups excluding carboxylic acids is 2. The Kier molecular flexibility index (Phi) is 9.03. The van der Waals surface area contributed by atoms with Crippen LogP contribution in [0.15, 0.2) is 42.5 Å². The van der Waals surface area contributed by atoms with Gasteiger partial charge in [0, 0.05) is 23.8 Å². The van der Waals surface area contributed by atoms with Crippen LogP contribution in [0.25, 0.3) is 0 Å². The molecule has 0 aliphatic rings. The molecule has 1 atom stereocenters. The summed E-state index contributed by atoms with van der Waals surface area (Å²) in [5.74, 6) is 0.0302. The summed E-state index contributed by atoms with van der Waals surface area (Å²) in [4.78, 5) is 24.9. The lowest BCUT2D eigenvalue weighted by atomic mass is 9.96. The van der Waals surface area contributed by atoms with E-state index in [2.05, 4.69) is 27.3 Å².